The van der Waals surface area contributed by atoms with Crippen molar-refractivity contribution in [3.05, 3.63) is 23.4 Å². The van der Waals surface area contributed by atoms with Gasteiger partial charge in [-0.2, -0.15) is 0 Å². The summed E-state index contributed by atoms with van der Waals surface area (Å²) in [6.45, 7) is 5.03. The molecule has 19 heavy (non-hydrogen) atoms. The van der Waals surface area contributed by atoms with E-state index < -0.39 is 5.97 Å². The van der Waals surface area contributed by atoms with Gasteiger partial charge >= 0.3 is 5.97 Å². The number of carbonyl (C=O) groups excluding carboxylic acids is 1. The molecule has 1 atom stereocenters. The van der Waals surface area contributed by atoms with E-state index in [4.69, 9.17) is 5.11 Å². The zero-order chi connectivity index (χ0) is 14.0. The lowest BCUT2D eigenvalue weighted by Gasteiger charge is -2.36. The van der Waals surface area contributed by atoms with Gasteiger partial charge in [0.2, 0.25) is 5.91 Å². The van der Waals surface area contributed by atoms with Gasteiger partial charge in [0, 0.05) is 19.3 Å². The summed E-state index contributed by atoms with van der Waals surface area (Å²) in [7, 11) is 0. The SMILES string of the molecule is CCC1C(=O)NCCN1c1ncc(C(=O)O)cc1C. The van der Waals surface area contributed by atoms with Gasteiger partial charge in [-0.15, -0.1) is 0 Å². The summed E-state index contributed by atoms with van der Waals surface area (Å²) < 4.78 is 0. The molecule has 1 fully saturated rings. The van der Waals surface area contributed by atoms with E-state index >= 15 is 0 Å². The maximum absolute atomic E-state index is 11.8. The number of aromatic nitrogens is 1. The molecule has 0 bridgehead atoms. The van der Waals surface area contributed by atoms with E-state index in [9.17, 15) is 9.59 Å². The second kappa shape index (κ2) is 5.26. The van der Waals surface area contributed by atoms with Crippen LogP contribution in [-0.2, 0) is 4.79 Å². The highest BCUT2D eigenvalue weighted by molar-refractivity contribution is 5.89. The molecule has 0 radical (unpaired) electrons. The van der Waals surface area contributed by atoms with E-state index in [1.165, 1.54) is 6.20 Å². The number of pyridine rings is 1. The summed E-state index contributed by atoms with van der Waals surface area (Å²) in [4.78, 5) is 28.9. The van der Waals surface area contributed by atoms with E-state index in [-0.39, 0.29) is 17.5 Å². The first kappa shape index (κ1) is 13.3. The zero-order valence-corrected chi connectivity index (χ0v) is 11.0. The monoisotopic (exact) mass is 263 g/mol. The van der Waals surface area contributed by atoms with Crippen molar-refractivity contribution in [1.29, 1.82) is 0 Å². The molecule has 102 valence electrons. The van der Waals surface area contributed by atoms with Crippen molar-refractivity contribution in [3.63, 3.8) is 0 Å². The first-order valence-electron chi connectivity index (χ1n) is 6.29. The maximum Gasteiger partial charge on any atom is 0.337 e. The maximum atomic E-state index is 11.8. The molecule has 2 heterocycles. The number of aromatic carboxylic acids is 1. The number of piperazine rings is 1. The fraction of sp³-hybridized carbons (Fsp3) is 0.462. The van der Waals surface area contributed by atoms with Gasteiger partial charge in [0.25, 0.3) is 0 Å². The second-order valence-corrected chi connectivity index (χ2v) is 4.58. The van der Waals surface area contributed by atoms with Crippen LogP contribution in [0.4, 0.5) is 5.82 Å². The Labute approximate surface area is 111 Å². The van der Waals surface area contributed by atoms with E-state index in [1.807, 2.05) is 18.7 Å². The molecular weight excluding hydrogens is 246 g/mol. The Balaban J connectivity index is 2.35. The number of rotatable bonds is 3. The minimum absolute atomic E-state index is 0.00254. The molecule has 1 unspecified atom stereocenters. The summed E-state index contributed by atoms with van der Waals surface area (Å²) >= 11 is 0. The molecule has 6 nitrogen and oxygen atoms in total. The van der Waals surface area contributed by atoms with Crippen molar-refractivity contribution in [3.8, 4) is 0 Å². The van der Waals surface area contributed by atoms with E-state index in [0.717, 1.165) is 5.56 Å². The highest BCUT2D eigenvalue weighted by atomic mass is 16.4. The fourth-order valence-corrected chi connectivity index (χ4v) is 2.36. The molecule has 1 amide bonds. The third-order valence-corrected chi connectivity index (χ3v) is 3.29. The van der Waals surface area contributed by atoms with Gasteiger partial charge in [-0.05, 0) is 25.0 Å². The van der Waals surface area contributed by atoms with Crippen molar-refractivity contribution in [1.82, 2.24) is 10.3 Å². The Kier molecular flexibility index (Phi) is 3.69. The second-order valence-electron chi connectivity index (χ2n) is 4.58. The smallest absolute Gasteiger partial charge is 0.337 e. The lowest BCUT2D eigenvalue weighted by atomic mass is 10.1. The fourth-order valence-electron chi connectivity index (χ4n) is 2.36. The number of anilines is 1. The van der Waals surface area contributed by atoms with Crippen molar-refractivity contribution >= 4 is 17.7 Å². The molecule has 0 aliphatic carbocycles. The lowest BCUT2D eigenvalue weighted by Crippen LogP contribution is -2.55. The van der Waals surface area contributed by atoms with Gasteiger partial charge in [0.15, 0.2) is 0 Å². The van der Waals surface area contributed by atoms with Crippen LogP contribution in [0.3, 0.4) is 0 Å². The molecular formula is C13H17N3O3. The minimum Gasteiger partial charge on any atom is -0.478 e. The topological polar surface area (TPSA) is 82.5 Å². The largest absolute Gasteiger partial charge is 0.478 e. The number of nitrogens with zero attached hydrogens (tertiary/aromatic N) is 2. The average Bonchev–Trinajstić information content (AvgIpc) is 2.38. The number of nitrogens with one attached hydrogen (secondary N) is 1. The molecule has 1 aromatic heterocycles. The number of amides is 1. The van der Waals surface area contributed by atoms with Crippen molar-refractivity contribution in [2.45, 2.75) is 26.3 Å². The van der Waals surface area contributed by atoms with Crippen LogP contribution in [0.25, 0.3) is 0 Å². The van der Waals surface area contributed by atoms with Gasteiger partial charge in [0.05, 0.1) is 5.56 Å². The third kappa shape index (κ3) is 2.52. The molecule has 1 aromatic rings. The Hall–Kier alpha value is -2.11. The van der Waals surface area contributed by atoms with Crippen LogP contribution >= 0.6 is 0 Å². The first-order valence-corrected chi connectivity index (χ1v) is 6.29. The van der Waals surface area contributed by atoms with Crippen LogP contribution in [-0.4, -0.2) is 41.1 Å². The van der Waals surface area contributed by atoms with Crippen LogP contribution in [0, 0.1) is 6.92 Å². The molecule has 2 N–H and O–H groups in total. The summed E-state index contributed by atoms with van der Waals surface area (Å²) in [5.74, 6) is -0.311. The lowest BCUT2D eigenvalue weighted by molar-refractivity contribution is -0.123. The van der Waals surface area contributed by atoms with Gasteiger partial charge in [-0.3, -0.25) is 4.79 Å². The highest BCUT2D eigenvalue weighted by Gasteiger charge is 2.29. The Bertz CT molecular complexity index is 516. The summed E-state index contributed by atoms with van der Waals surface area (Å²) in [6, 6.07) is 1.35. The van der Waals surface area contributed by atoms with E-state index in [0.29, 0.717) is 25.3 Å². The molecule has 0 aromatic carbocycles. The predicted molar refractivity (Wildman–Crippen MR) is 70.4 cm³/mol. The van der Waals surface area contributed by atoms with Crippen LogP contribution in [0.2, 0.25) is 0 Å². The van der Waals surface area contributed by atoms with E-state index in [1.54, 1.807) is 6.07 Å². The molecule has 0 saturated carbocycles. The molecule has 0 spiro atoms. The summed E-state index contributed by atoms with van der Waals surface area (Å²) in [6.07, 6.45) is 2.03. The number of carboxylic acid groups (broad SMARTS) is 1. The Morgan fingerprint density at radius 3 is 2.95 bits per heavy atom. The van der Waals surface area contributed by atoms with Crippen LogP contribution in [0.5, 0.6) is 0 Å². The van der Waals surface area contributed by atoms with Crippen molar-refractivity contribution in [2.24, 2.45) is 0 Å². The van der Waals surface area contributed by atoms with Crippen molar-refractivity contribution in [2.75, 3.05) is 18.0 Å². The zero-order valence-electron chi connectivity index (χ0n) is 11.0. The molecule has 1 aliphatic rings. The number of carboxylic acids is 1. The quantitative estimate of drug-likeness (QED) is 0.843. The summed E-state index contributed by atoms with van der Waals surface area (Å²) in [5, 5.41) is 11.8. The Morgan fingerprint density at radius 1 is 1.63 bits per heavy atom. The predicted octanol–water partition coefficient (Wildman–Crippen LogP) is 0.803. The van der Waals surface area contributed by atoms with E-state index in [2.05, 4.69) is 10.3 Å². The number of carbonyl (C=O) groups is 2. The van der Waals surface area contributed by atoms with Gasteiger partial charge < -0.3 is 15.3 Å². The normalized spacial score (nSPS) is 19.2. The highest BCUT2D eigenvalue weighted by Crippen LogP contribution is 2.22. The number of aryl methyl sites for hydroxylation is 1. The minimum atomic E-state index is -0.995. The van der Waals surface area contributed by atoms with Crippen LogP contribution in [0.1, 0.15) is 29.3 Å². The first-order chi connectivity index (χ1) is 9.04. The molecule has 2 rings (SSSR count). The van der Waals surface area contributed by atoms with Gasteiger partial charge in [0.1, 0.15) is 11.9 Å². The average molecular weight is 263 g/mol. The standard InChI is InChI=1S/C13H17N3O3/c1-3-10-12(17)14-4-5-16(10)11-8(2)6-9(7-15-11)13(18)19/h6-7,10H,3-5H2,1-2H3,(H,14,17)(H,18,19). The number of hydrogen-bond acceptors (Lipinski definition) is 4. The van der Waals surface area contributed by atoms with Crippen molar-refractivity contribution < 1.29 is 14.7 Å². The number of hydrogen-bond donors (Lipinski definition) is 2. The third-order valence-electron chi connectivity index (χ3n) is 3.29. The van der Waals surface area contributed by atoms with Crippen LogP contribution < -0.4 is 10.2 Å². The van der Waals surface area contributed by atoms with Crippen LogP contribution in [0.15, 0.2) is 12.3 Å². The summed E-state index contributed by atoms with van der Waals surface area (Å²) in [5.41, 5.74) is 0.934. The molecule has 1 aliphatic heterocycles. The molecule has 1 saturated heterocycles. The molecule has 6 heteroatoms. The van der Waals surface area contributed by atoms with Gasteiger partial charge in [-0.25, -0.2) is 9.78 Å². The Morgan fingerprint density at radius 2 is 2.37 bits per heavy atom. The van der Waals surface area contributed by atoms with Gasteiger partial charge in [-0.1, -0.05) is 6.92 Å².